The van der Waals surface area contributed by atoms with Gasteiger partial charge in [0.1, 0.15) is 6.61 Å². The molecule has 2 atom stereocenters. The molecule has 3 N–H and O–H groups in total. The SMILES string of the molecule is CC[C@H]1c2ncc(C(=O)N[C@@H](COC(N)=O)c3ccc(S(=O)(=O)CC)cc3)cc2CN1CC1CCC(C)CC1. The monoisotopic (exact) mass is 556 g/mol. The van der Waals surface area contributed by atoms with E-state index in [1.54, 1.807) is 25.3 Å². The van der Waals surface area contributed by atoms with Gasteiger partial charge in [0.2, 0.25) is 0 Å². The van der Waals surface area contributed by atoms with Crippen LogP contribution in [-0.4, -0.2) is 49.2 Å². The van der Waals surface area contributed by atoms with E-state index in [0.717, 1.165) is 36.7 Å². The van der Waals surface area contributed by atoms with E-state index >= 15 is 0 Å². The molecule has 1 aromatic carbocycles. The van der Waals surface area contributed by atoms with E-state index in [4.69, 9.17) is 15.5 Å². The van der Waals surface area contributed by atoms with Crippen molar-refractivity contribution in [2.75, 3.05) is 18.9 Å². The van der Waals surface area contributed by atoms with Gasteiger partial charge >= 0.3 is 6.09 Å². The Labute approximate surface area is 231 Å². The second-order valence-corrected chi connectivity index (χ2v) is 13.2. The molecule has 4 rings (SSSR count). The van der Waals surface area contributed by atoms with Crippen molar-refractivity contribution in [2.45, 2.75) is 76.4 Å². The highest BCUT2D eigenvalue weighted by Crippen LogP contribution is 2.38. The number of nitrogens with zero attached hydrogens (tertiary/aromatic N) is 2. The van der Waals surface area contributed by atoms with Gasteiger partial charge < -0.3 is 15.8 Å². The van der Waals surface area contributed by atoms with Crippen molar-refractivity contribution in [2.24, 2.45) is 17.6 Å². The summed E-state index contributed by atoms with van der Waals surface area (Å²) in [4.78, 5) is 32.0. The molecule has 39 heavy (non-hydrogen) atoms. The molecular weight excluding hydrogens is 516 g/mol. The molecule has 2 aromatic rings. The Morgan fingerprint density at radius 2 is 1.85 bits per heavy atom. The Hall–Kier alpha value is -2.98. The lowest BCUT2D eigenvalue weighted by Crippen LogP contribution is -2.33. The molecule has 2 heterocycles. The average Bonchev–Trinajstić information content (AvgIpc) is 3.28. The Balaban J connectivity index is 1.49. The number of pyridine rings is 1. The predicted molar refractivity (Wildman–Crippen MR) is 149 cm³/mol. The predicted octanol–water partition coefficient (Wildman–Crippen LogP) is 4.53. The first-order valence-electron chi connectivity index (χ1n) is 13.9. The summed E-state index contributed by atoms with van der Waals surface area (Å²) in [7, 11) is -3.37. The number of rotatable bonds is 10. The first kappa shape index (κ1) is 29.0. The molecule has 9 nitrogen and oxygen atoms in total. The summed E-state index contributed by atoms with van der Waals surface area (Å²) < 4.78 is 29.4. The first-order valence-corrected chi connectivity index (χ1v) is 15.5. The second kappa shape index (κ2) is 12.5. The molecule has 2 aliphatic rings. The highest BCUT2D eigenvalue weighted by atomic mass is 32.2. The molecule has 1 saturated carbocycles. The lowest BCUT2D eigenvalue weighted by atomic mass is 9.82. The van der Waals surface area contributed by atoms with E-state index in [9.17, 15) is 18.0 Å². The van der Waals surface area contributed by atoms with Crippen molar-refractivity contribution in [3.8, 4) is 0 Å². The number of carbonyl (C=O) groups excluding carboxylic acids is 2. The summed E-state index contributed by atoms with van der Waals surface area (Å²) in [5.74, 6) is 1.15. The van der Waals surface area contributed by atoms with Crippen molar-refractivity contribution in [3.05, 3.63) is 58.9 Å². The van der Waals surface area contributed by atoms with Gasteiger partial charge in [0, 0.05) is 19.3 Å². The summed E-state index contributed by atoms with van der Waals surface area (Å²) in [6.45, 7) is 7.73. The zero-order valence-electron chi connectivity index (χ0n) is 23.1. The normalized spacial score (nSPS) is 22.2. The van der Waals surface area contributed by atoms with Gasteiger partial charge in [0.05, 0.1) is 34.0 Å². The van der Waals surface area contributed by atoms with Crippen molar-refractivity contribution < 1.29 is 22.7 Å². The van der Waals surface area contributed by atoms with Gasteiger partial charge in [-0.2, -0.15) is 0 Å². The number of hydrogen-bond acceptors (Lipinski definition) is 7. The smallest absolute Gasteiger partial charge is 0.404 e. The average molecular weight is 557 g/mol. The van der Waals surface area contributed by atoms with E-state index in [1.807, 2.05) is 6.07 Å². The topological polar surface area (TPSA) is 132 Å². The third-order valence-corrected chi connectivity index (χ3v) is 9.88. The number of hydrogen-bond donors (Lipinski definition) is 2. The van der Waals surface area contributed by atoms with Gasteiger partial charge in [0.25, 0.3) is 5.91 Å². The molecule has 0 bridgehead atoms. The molecular formula is C29H40N4O5S. The summed E-state index contributed by atoms with van der Waals surface area (Å²) in [6.07, 6.45) is 6.73. The zero-order chi connectivity index (χ0) is 28.2. The lowest BCUT2D eigenvalue weighted by Gasteiger charge is -2.32. The molecule has 0 spiro atoms. The van der Waals surface area contributed by atoms with Gasteiger partial charge in [-0.05, 0) is 60.4 Å². The van der Waals surface area contributed by atoms with Crippen LogP contribution in [0, 0.1) is 11.8 Å². The number of carbonyl (C=O) groups is 2. The Morgan fingerprint density at radius 3 is 2.46 bits per heavy atom. The van der Waals surface area contributed by atoms with Crippen LogP contribution < -0.4 is 11.1 Å². The molecule has 1 fully saturated rings. The van der Waals surface area contributed by atoms with Crippen LogP contribution in [0.15, 0.2) is 41.4 Å². The van der Waals surface area contributed by atoms with Crippen LogP contribution in [0.25, 0.3) is 0 Å². The summed E-state index contributed by atoms with van der Waals surface area (Å²) in [5, 5.41) is 2.90. The molecule has 1 aliphatic carbocycles. The molecule has 0 unspecified atom stereocenters. The third kappa shape index (κ3) is 6.97. The fourth-order valence-corrected chi connectivity index (χ4v) is 6.65. The van der Waals surface area contributed by atoms with Crippen molar-refractivity contribution in [3.63, 3.8) is 0 Å². The fraction of sp³-hybridized carbons (Fsp3) is 0.552. The van der Waals surface area contributed by atoms with Crippen molar-refractivity contribution in [1.29, 1.82) is 0 Å². The molecule has 1 aromatic heterocycles. The van der Waals surface area contributed by atoms with E-state index in [0.29, 0.717) is 17.0 Å². The van der Waals surface area contributed by atoms with Crippen LogP contribution in [-0.2, 0) is 21.1 Å². The van der Waals surface area contributed by atoms with E-state index < -0.39 is 22.0 Å². The Kier molecular flexibility index (Phi) is 9.27. The Bertz CT molecular complexity index is 1270. The van der Waals surface area contributed by atoms with E-state index in [-0.39, 0.29) is 29.2 Å². The number of benzene rings is 1. The molecule has 0 radical (unpaired) electrons. The molecule has 1 aliphatic heterocycles. The number of aromatic nitrogens is 1. The van der Waals surface area contributed by atoms with Gasteiger partial charge in [-0.3, -0.25) is 14.7 Å². The van der Waals surface area contributed by atoms with Crippen LogP contribution in [0.4, 0.5) is 4.79 Å². The van der Waals surface area contributed by atoms with Crippen molar-refractivity contribution >= 4 is 21.8 Å². The molecule has 0 saturated heterocycles. The van der Waals surface area contributed by atoms with Gasteiger partial charge in [0.15, 0.2) is 9.84 Å². The number of primary amides is 1. The summed E-state index contributed by atoms with van der Waals surface area (Å²) in [6, 6.07) is 7.63. The van der Waals surface area contributed by atoms with Crippen LogP contribution in [0.2, 0.25) is 0 Å². The van der Waals surface area contributed by atoms with Gasteiger partial charge in [-0.1, -0.05) is 45.7 Å². The second-order valence-electron chi connectivity index (χ2n) is 10.9. The number of nitrogens with one attached hydrogen (secondary N) is 1. The maximum atomic E-state index is 13.3. The van der Waals surface area contributed by atoms with E-state index in [1.165, 1.54) is 37.8 Å². The van der Waals surface area contributed by atoms with Crippen LogP contribution in [0.1, 0.15) is 92.1 Å². The lowest BCUT2D eigenvalue weighted by molar-refractivity contribution is 0.0898. The molecule has 2 amide bonds. The summed E-state index contributed by atoms with van der Waals surface area (Å²) in [5.41, 5.74) is 8.29. The number of sulfone groups is 1. The quantitative estimate of drug-likeness (QED) is 0.439. The minimum atomic E-state index is -3.37. The van der Waals surface area contributed by atoms with Gasteiger partial charge in [-0.25, -0.2) is 13.2 Å². The maximum Gasteiger partial charge on any atom is 0.404 e. The highest BCUT2D eigenvalue weighted by Gasteiger charge is 2.33. The fourth-order valence-electron chi connectivity index (χ4n) is 5.76. The minimum Gasteiger partial charge on any atom is -0.447 e. The standard InChI is InChI=1S/C29H40N4O5S/c1-4-26-27-23(17-33(26)16-20-8-6-19(3)7-9-20)14-22(15-31-27)28(34)32-25(18-38-29(30)35)21-10-12-24(13-11-21)39(36,37)5-2/h10-15,19-20,25-26H,4-9,16-18H2,1-3H3,(H2,30,35)(H,32,34)/t19?,20?,25-,26-/m0/s1. The molecule has 212 valence electrons. The van der Waals surface area contributed by atoms with Gasteiger partial charge in [-0.15, -0.1) is 0 Å². The Morgan fingerprint density at radius 1 is 1.15 bits per heavy atom. The molecule has 10 heteroatoms. The zero-order valence-corrected chi connectivity index (χ0v) is 23.9. The highest BCUT2D eigenvalue weighted by molar-refractivity contribution is 7.91. The summed E-state index contributed by atoms with van der Waals surface area (Å²) >= 11 is 0. The minimum absolute atomic E-state index is 0.0151. The van der Waals surface area contributed by atoms with Crippen LogP contribution >= 0.6 is 0 Å². The first-order chi connectivity index (χ1) is 18.6. The number of nitrogens with two attached hydrogens (primary N) is 1. The van der Waals surface area contributed by atoms with Crippen molar-refractivity contribution in [1.82, 2.24) is 15.2 Å². The number of ether oxygens (including phenoxy) is 1. The third-order valence-electron chi connectivity index (χ3n) is 8.13. The van der Waals surface area contributed by atoms with Crippen LogP contribution in [0.3, 0.4) is 0 Å². The number of fused-ring (bicyclic) bond motifs is 1. The largest absolute Gasteiger partial charge is 0.447 e. The number of amides is 2. The maximum absolute atomic E-state index is 13.3. The van der Waals surface area contributed by atoms with Crippen LogP contribution in [0.5, 0.6) is 0 Å². The van der Waals surface area contributed by atoms with E-state index in [2.05, 4.69) is 24.1 Å².